The summed E-state index contributed by atoms with van der Waals surface area (Å²) in [6.45, 7) is 2.47. The molecule has 0 N–H and O–H groups in total. The molecule has 0 saturated heterocycles. The SMILES string of the molecule is CC1CCC2C(CCC3C(S)C(CCS)CCC23)C1. The Morgan fingerprint density at radius 3 is 2.42 bits per heavy atom. The van der Waals surface area contributed by atoms with Crippen molar-refractivity contribution < 1.29 is 0 Å². The molecule has 0 heterocycles. The second-order valence-corrected chi connectivity index (χ2v) is 8.63. The molecule has 3 aliphatic carbocycles. The van der Waals surface area contributed by atoms with Crippen LogP contribution in [-0.4, -0.2) is 11.0 Å². The fraction of sp³-hybridized carbons (Fsp3) is 1.00. The van der Waals surface area contributed by atoms with Crippen molar-refractivity contribution in [3.8, 4) is 0 Å². The van der Waals surface area contributed by atoms with E-state index in [4.69, 9.17) is 12.6 Å². The van der Waals surface area contributed by atoms with Gasteiger partial charge in [-0.1, -0.05) is 13.3 Å². The second-order valence-electron chi connectivity index (χ2n) is 7.59. The maximum Gasteiger partial charge on any atom is 0.00763 e. The lowest BCUT2D eigenvalue weighted by Crippen LogP contribution is -2.46. The van der Waals surface area contributed by atoms with Crippen molar-refractivity contribution in [1.29, 1.82) is 0 Å². The van der Waals surface area contributed by atoms with Crippen molar-refractivity contribution >= 4 is 25.3 Å². The quantitative estimate of drug-likeness (QED) is 0.652. The molecule has 110 valence electrons. The van der Waals surface area contributed by atoms with E-state index in [1.54, 1.807) is 0 Å². The van der Waals surface area contributed by atoms with Crippen LogP contribution in [0.1, 0.15) is 58.3 Å². The number of hydrogen-bond acceptors (Lipinski definition) is 2. The van der Waals surface area contributed by atoms with Gasteiger partial charge in [-0.2, -0.15) is 25.3 Å². The molecule has 2 heteroatoms. The van der Waals surface area contributed by atoms with E-state index in [1.165, 1.54) is 51.4 Å². The molecule has 0 spiro atoms. The monoisotopic (exact) mass is 298 g/mol. The van der Waals surface area contributed by atoms with Crippen molar-refractivity contribution in [2.45, 2.75) is 63.5 Å². The normalized spacial score (nSPS) is 50.4. The lowest BCUT2D eigenvalue weighted by atomic mass is 9.55. The highest BCUT2D eigenvalue weighted by Gasteiger charge is 2.46. The Bertz CT molecular complexity index is 304. The molecule has 0 bridgehead atoms. The summed E-state index contributed by atoms with van der Waals surface area (Å²) < 4.78 is 0. The largest absolute Gasteiger partial charge is 0.179 e. The minimum Gasteiger partial charge on any atom is -0.179 e. The van der Waals surface area contributed by atoms with E-state index in [2.05, 4.69) is 19.6 Å². The third-order valence-electron chi connectivity index (χ3n) is 6.57. The molecule has 3 fully saturated rings. The van der Waals surface area contributed by atoms with Crippen molar-refractivity contribution in [1.82, 2.24) is 0 Å². The molecule has 3 aliphatic rings. The fourth-order valence-corrected chi connectivity index (χ4v) is 6.62. The van der Waals surface area contributed by atoms with E-state index in [9.17, 15) is 0 Å². The zero-order valence-electron chi connectivity index (χ0n) is 12.3. The zero-order valence-corrected chi connectivity index (χ0v) is 14.1. The van der Waals surface area contributed by atoms with E-state index in [-0.39, 0.29) is 0 Å². The summed E-state index contributed by atoms with van der Waals surface area (Å²) in [6, 6.07) is 0. The zero-order chi connectivity index (χ0) is 13.4. The molecule has 7 atom stereocenters. The van der Waals surface area contributed by atoms with Gasteiger partial charge >= 0.3 is 0 Å². The average molecular weight is 299 g/mol. The van der Waals surface area contributed by atoms with Gasteiger partial charge in [0, 0.05) is 5.25 Å². The smallest absolute Gasteiger partial charge is 0.00763 e. The van der Waals surface area contributed by atoms with Crippen molar-refractivity contribution in [2.24, 2.45) is 35.5 Å². The summed E-state index contributed by atoms with van der Waals surface area (Å²) in [7, 11) is 0. The lowest BCUT2D eigenvalue weighted by molar-refractivity contribution is 0.00435. The Balaban J connectivity index is 1.69. The molecule has 0 nitrogen and oxygen atoms in total. The molecule has 3 rings (SSSR count). The molecule has 0 aromatic heterocycles. The van der Waals surface area contributed by atoms with Crippen LogP contribution < -0.4 is 0 Å². The van der Waals surface area contributed by atoms with E-state index >= 15 is 0 Å². The lowest BCUT2D eigenvalue weighted by Gasteiger charge is -2.52. The van der Waals surface area contributed by atoms with Crippen molar-refractivity contribution in [3.63, 3.8) is 0 Å². The molecular weight excluding hydrogens is 268 g/mol. The van der Waals surface area contributed by atoms with E-state index in [0.29, 0.717) is 5.25 Å². The van der Waals surface area contributed by atoms with Crippen LogP contribution in [0.15, 0.2) is 0 Å². The van der Waals surface area contributed by atoms with Crippen molar-refractivity contribution in [3.05, 3.63) is 0 Å². The summed E-state index contributed by atoms with van der Waals surface area (Å²) in [6.07, 6.45) is 11.7. The van der Waals surface area contributed by atoms with Crippen LogP contribution >= 0.6 is 25.3 Å². The van der Waals surface area contributed by atoms with E-state index < -0.39 is 0 Å². The Morgan fingerprint density at radius 1 is 0.895 bits per heavy atom. The van der Waals surface area contributed by atoms with Crippen LogP contribution in [0.3, 0.4) is 0 Å². The first-order valence-electron chi connectivity index (χ1n) is 8.49. The fourth-order valence-electron chi connectivity index (χ4n) is 5.62. The molecule has 19 heavy (non-hydrogen) atoms. The summed E-state index contributed by atoms with van der Waals surface area (Å²) in [5, 5.41) is 0.672. The van der Waals surface area contributed by atoms with Crippen LogP contribution in [0.25, 0.3) is 0 Å². The first-order chi connectivity index (χ1) is 9.20. The van der Waals surface area contributed by atoms with Gasteiger partial charge in [0.15, 0.2) is 0 Å². The highest BCUT2D eigenvalue weighted by atomic mass is 32.1. The van der Waals surface area contributed by atoms with Crippen LogP contribution in [0.5, 0.6) is 0 Å². The predicted octanol–water partition coefficient (Wildman–Crippen LogP) is 5.09. The minimum absolute atomic E-state index is 0.672. The topological polar surface area (TPSA) is 0 Å². The molecule has 0 radical (unpaired) electrons. The molecule has 0 aromatic carbocycles. The highest BCUT2D eigenvalue weighted by molar-refractivity contribution is 7.81. The van der Waals surface area contributed by atoms with Gasteiger partial charge in [0.1, 0.15) is 0 Å². The van der Waals surface area contributed by atoms with Crippen LogP contribution in [0.4, 0.5) is 0 Å². The van der Waals surface area contributed by atoms with Crippen LogP contribution in [-0.2, 0) is 0 Å². The Hall–Kier alpha value is 0.700. The van der Waals surface area contributed by atoms with Gasteiger partial charge in [0.25, 0.3) is 0 Å². The number of rotatable bonds is 2. The van der Waals surface area contributed by atoms with Gasteiger partial charge in [-0.25, -0.2) is 0 Å². The van der Waals surface area contributed by atoms with E-state index in [1.807, 2.05) is 0 Å². The standard InChI is InChI=1S/C17H30S2/c1-11-2-5-14-13(10-11)4-7-16-15(14)6-3-12(8-9-18)17(16)19/h11-19H,2-10H2,1H3. The third kappa shape index (κ3) is 2.86. The summed E-state index contributed by atoms with van der Waals surface area (Å²) in [5.41, 5.74) is 0. The van der Waals surface area contributed by atoms with Gasteiger partial charge in [-0.3, -0.25) is 0 Å². The first kappa shape index (κ1) is 14.6. The maximum absolute atomic E-state index is 5.05. The minimum atomic E-state index is 0.672. The molecule has 3 saturated carbocycles. The number of thiol groups is 2. The van der Waals surface area contributed by atoms with Gasteiger partial charge in [0.05, 0.1) is 0 Å². The van der Waals surface area contributed by atoms with Gasteiger partial charge in [-0.05, 0) is 86.2 Å². The van der Waals surface area contributed by atoms with E-state index in [0.717, 1.165) is 41.3 Å². The van der Waals surface area contributed by atoms with Crippen LogP contribution in [0, 0.1) is 35.5 Å². The molecule has 7 unspecified atom stereocenters. The van der Waals surface area contributed by atoms with Gasteiger partial charge in [0.2, 0.25) is 0 Å². The molecule has 0 aromatic rings. The molecule has 0 amide bonds. The number of hydrogen-bond donors (Lipinski definition) is 2. The predicted molar refractivity (Wildman–Crippen MR) is 90.2 cm³/mol. The summed E-state index contributed by atoms with van der Waals surface area (Å²) in [4.78, 5) is 0. The maximum atomic E-state index is 5.05. The Kier molecular flexibility index (Phi) is 4.79. The van der Waals surface area contributed by atoms with Gasteiger partial charge in [-0.15, -0.1) is 0 Å². The molecule has 0 aliphatic heterocycles. The van der Waals surface area contributed by atoms with Crippen molar-refractivity contribution in [2.75, 3.05) is 5.75 Å². The average Bonchev–Trinajstić information content (AvgIpc) is 2.41. The third-order valence-corrected chi connectivity index (χ3v) is 7.63. The summed E-state index contributed by atoms with van der Waals surface area (Å²) >= 11 is 9.49. The highest BCUT2D eigenvalue weighted by Crippen LogP contribution is 2.54. The number of fused-ring (bicyclic) bond motifs is 3. The van der Waals surface area contributed by atoms with Gasteiger partial charge < -0.3 is 0 Å². The Labute approximate surface area is 130 Å². The molecular formula is C17H30S2. The van der Waals surface area contributed by atoms with Crippen LogP contribution in [0.2, 0.25) is 0 Å². The first-order valence-corrected chi connectivity index (χ1v) is 9.64. The Morgan fingerprint density at radius 2 is 1.63 bits per heavy atom. The summed E-state index contributed by atoms with van der Waals surface area (Å²) in [5.74, 6) is 6.95. The second kappa shape index (κ2) is 6.22.